The summed E-state index contributed by atoms with van der Waals surface area (Å²) in [6.07, 6.45) is 4.70. The van der Waals surface area contributed by atoms with Gasteiger partial charge in [-0.2, -0.15) is 0 Å². The molecule has 0 aliphatic heterocycles. The van der Waals surface area contributed by atoms with Crippen LogP contribution < -0.4 is 11.1 Å². The molecule has 1 aromatic carbocycles. The number of nitrogens with two attached hydrogens (primary N) is 1. The van der Waals surface area contributed by atoms with Crippen molar-refractivity contribution in [2.75, 3.05) is 6.54 Å². The smallest absolute Gasteiger partial charge is 0.226 e. The molecule has 0 spiro atoms. The number of carbonyl (C=O) groups is 1. The van der Waals surface area contributed by atoms with Crippen LogP contribution in [0.15, 0.2) is 29.6 Å². The van der Waals surface area contributed by atoms with Crippen molar-refractivity contribution < 1.29 is 4.79 Å². The Morgan fingerprint density at radius 3 is 2.76 bits per heavy atom. The van der Waals surface area contributed by atoms with Crippen molar-refractivity contribution in [3.05, 3.63) is 40.9 Å². The third-order valence-corrected chi connectivity index (χ3v) is 5.75. The summed E-state index contributed by atoms with van der Waals surface area (Å²) in [6.45, 7) is 2.80. The minimum atomic E-state index is 0. The molecular weight excluding hydrogens is 354 g/mol. The molecule has 3 N–H and O–H groups in total. The van der Waals surface area contributed by atoms with Gasteiger partial charge in [-0.3, -0.25) is 4.79 Å². The van der Waals surface area contributed by atoms with Crippen LogP contribution in [0.3, 0.4) is 0 Å². The van der Waals surface area contributed by atoms with E-state index in [9.17, 15) is 4.79 Å². The van der Waals surface area contributed by atoms with Gasteiger partial charge in [0.05, 0.1) is 12.1 Å². The molecule has 1 saturated carbocycles. The fourth-order valence-corrected chi connectivity index (χ4v) is 4.16. The predicted octanol–water partition coefficient (Wildman–Crippen LogP) is 3.58. The molecule has 2 unspecified atom stereocenters. The highest BCUT2D eigenvalue weighted by atomic mass is 35.5. The number of amides is 1. The summed E-state index contributed by atoms with van der Waals surface area (Å²) in [4.78, 5) is 16.9. The van der Waals surface area contributed by atoms with E-state index in [4.69, 9.17) is 5.73 Å². The molecule has 1 heterocycles. The van der Waals surface area contributed by atoms with Crippen molar-refractivity contribution in [2.45, 2.75) is 45.1 Å². The molecule has 1 aliphatic rings. The molecule has 0 saturated heterocycles. The molecule has 3 rings (SSSR count). The Morgan fingerprint density at radius 2 is 2.08 bits per heavy atom. The lowest BCUT2D eigenvalue weighted by atomic mass is 10.0. The number of hydrogen-bond acceptors (Lipinski definition) is 4. The Bertz CT molecular complexity index is 686. The third-order valence-electron chi connectivity index (χ3n) is 4.81. The van der Waals surface area contributed by atoms with Crippen molar-refractivity contribution in [3.8, 4) is 10.6 Å². The normalized spacial score (nSPS) is 19.4. The van der Waals surface area contributed by atoms with Gasteiger partial charge in [0.15, 0.2) is 0 Å². The first-order chi connectivity index (χ1) is 11.7. The van der Waals surface area contributed by atoms with Crippen LogP contribution in [0.25, 0.3) is 10.6 Å². The summed E-state index contributed by atoms with van der Waals surface area (Å²) in [5.74, 6) is 0.482. The number of hydrogen-bond donors (Lipinski definition) is 2. The number of rotatable bonds is 6. The maximum absolute atomic E-state index is 12.3. The van der Waals surface area contributed by atoms with Crippen molar-refractivity contribution in [3.63, 3.8) is 0 Å². The van der Waals surface area contributed by atoms with Gasteiger partial charge in [-0.25, -0.2) is 4.98 Å². The second kappa shape index (κ2) is 9.32. The second-order valence-corrected chi connectivity index (χ2v) is 7.33. The van der Waals surface area contributed by atoms with Crippen molar-refractivity contribution in [1.29, 1.82) is 0 Å². The fourth-order valence-electron chi connectivity index (χ4n) is 3.34. The minimum absolute atomic E-state index is 0. The van der Waals surface area contributed by atoms with Crippen LogP contribution in [-0.4, -0.2) is 23.5 Å². The van der Waals surface area contributed by atoms with E-state index < -0.39 is 0 Å². The maximum atomic E-state index is 12.3. The molecule has 25 heavy (non-hydrogen) atoms. The van der Waals surface area contributed by atoms with Crippen LogP contribution in [0, 0.1) is 5.92 Å². The zero-order valence-corrected chi connectivity index (χ0v) is 16.2. The highest BCUT2D eigenvalue weighted by Gasteiger charge is 2.27. The lowest BCUT2D eigenvalue weighted by molar-refractivity contribution is -0.121. The van der Waals surface area contributed by atoms with Crippen LogP contribution >= 0.6 is 23.7 Å². The van der Waals surface area contributed by atoms with E-state index in [1.807, 2.05) is 5.38 Å². The SMILES string of the molecule is CCc1ccc(-c2nc(CC(=O)NC3CCCC3CN)cs2)cc1.Cl. The van der Waals surface area contributed by atoms with E-state index in [1.54, 1.807) is 11.3 Å². The molecule has 4 nitrogen and oxygen atoms in total. The number of aromatic nitrogens is 1. The van der Waals surface area contributed by atoms with E-state index in [0.29, 0.717) is 18.9 Å². The summed E-state index contributed by atoms with van der Waals surface area (Å²) in [6, 6.07) is 8.71. The van der Waals surface area contributed by atoms with Gasteiger partial charge in [-0.15, -0.1) is 23.7 Å². The van der Waals surface area contributed by atoms with Gasteiger partial charge in [0, 0.05) is 17.0 Å². The van der Waals surface area contributed by atoms with Crippen LogP contribution in [0.1, 0.15) is 37.4 Å². The first kappa shape index (κ1) is 19.9. The van der Waals surface area contributed by atoms with Crippen LogP contribution in [0.4, 0.5) is 0 Å². The average molecular weight is 380 g/mol. The van der Waals surface area contributed by atoms with E-state index in [1.165, 1.54) is 5.56 Å². The summed E-state index contributed by atoms with van der Waals surface area (Å²) >= 11 is 1.59. The summed E-state index contributed by atoms with van der Waals surface area (Å²) < 4.78 is 0. The van der Waals surface area contributed by atoms with Crippen LogP contribution in [-0.2, 0) is 17.6 Å². The first-order valence-electron chi connectivity index (χ1n) is 8.72. The van der Waals surface area contributed by atoms with E-state index in [2.05, 4.69) is 41.5 Å². The lowest BCUT2D eigenvalue weighted by Gasteiger charge is -2.19. The van der Waals surface area contributed by atoms with E-state index in [0.717, 1.165) is 41.9 Å². The molecule has 136 valence electrons. The van der Waals surface area contributed by atoms with Gasteiger partial charge in [0.25, 0.3) is 0 Å². The molecular formula is C19H26ClN3OS. The van der Waals surface area contributed by atoms with Gasteiger partial charge >= 0.3 is 0 Å². The number of benzene rings is 1. The minimum Gasteiger partial charge on any atom is -0.353 e. The fraction of sp³-hybridized carbons (Fsp3) is 0.474. The number of nitrogens with one attached hydrogen (secondary N) is 1. The molecule has 0 bridgehead atoms. The summed E-state index contributed by atoms with van der Waals surface area (Å²) in [5.41, 5.74) is 9.05. The number of nitrogens with zero attached hydrogens (tertiary/aromatic N) is 1. The Balaban J connectivity index is 0.00000225. The molecule has 1 aliphatic carbocycles. The van der Waals surface area contributed by atoms with Crippen molar-refractivity contribution in [2.24, 2.45) is 11.7 Å². The molecule has 1 amide bonds. The topological polar surface area (TPSA) is 68.0 Å². The van der Waals surface area contributed by atoms with Crippen molar-refractivity contribution >= 4 is 29.7 Å². The first-order valence-corrected chi connectivity index (χ1v) is 9.60. The Hall–Kier alpha value is -1.43. The van der Waals surface area contributed by atoms with Gasteiger partial charge in [0.2, 0.25) is 5.91 Å². The highest BCUT2D eigenvalue weighted by molar-refractivity contribution is 7.13. The monoisotopic (exact) mass is 379 g/mol. The van der Waals surface area contributed by atoms with Crippen LogP contribution in [0.2, 0.25) is 0 Å². The average Bonchev–Trinajstić information content (AvgIpc) is 3.24. The van der Waals surface area contributed by atoms with E-state index in [-0.39, 0.29) is 24.4 Å². The zero-order chi connectivity index (χ0) is 16.9. The van der Waals surface area contributed by atoms with Crippen LogP contribution in [0.5, 0.6) is 0 Å². The number of thiazole rings is 1. The zero-order valence-electron chi connectivity index (χ0n) is 14.5. The largest absolute Gasteiger partial charge is 0.353 e. The lowest BCUT2D eigenvalue weighted by Crippen LogP contribution is -2.40. The maximum Gasteiger partial charge on any atom is 0.226 e. The van der Waals surface area contributed by atoms with Gasteiger partial charge in [-0.05, 0) is 37.3 Å². The Labute approximate surface area is 159 Å². The third kappa shape index (κ3) is 5.03. The molecule has 2 atom stereocenters. The molecule has 6 heteroatoms. The standard InChI is InChI=1S/C19H25N3OS.ClH/c1-2-13-6-8-14(9-7-13)19-21-16(12-24-19)10-18(23)22-17-5-3-4-15(17)11-20;/h6-9,12,15,17H,2-5,10-11,20H2,1H3,(H,22,23);1H. The summed E-state index contributed by atoms with van der Waals surface area (Å²) in [7, 11) is 0. The number of halogens is 1. The molecule has 2 aromatic rings. The number of carbonyl (C=O) groups excluding carboxylic acids is 1. The quantitative estimate of drug-likeness (QED) is 0.806. The Kier molecular flexibility index (Phi) is 7.41. The van der Waals surface area contributed by atoms with Crippen molar-refractivity contribution in [1.82, 2.24) is 10.3 Å². The molecule has 1 fully saturated rings. The van der Waals surface area contributed by atoms with Gasteiger partial charge in [0.1, 0.15) is 5.01 Å². The predicted molar refractivity (Wildman–Crippen MR) is 106 cm³/mol. The Morgan fingerprint density at radius 1 is 1.32 bits per heavy atom. The number of aryl methyl sites for hydroxylation is 1. The van der Waals surface area contributed by atoms with E-state index >= 15 is 0 Å². The van der Waals surface area contributed by atoms with Gasteiger partial charge in [-0.1, -0.05) is 37.6 Å². The molecule has 0 radical (unpaired) electrons. The highest BCUT2D eigenvalue weighted by Crippen LogP contribution is 2.26. The molecule has 1 aromatic heterocycles. The summed E-state index contributed by atoms with van der Waals surface area (Å²) in [5, 5.41) is 6.10. The van der Waals surface area contributed by atoms with Gasteiger partial charge < -0.3 is 11.1 Å². The second-order valence-electron chi connectivity index (χ2n) is 6.47.